The molecular formula is C17H20N2O2. The molecule has 0 aliphatic carbocycles. The van der Waals surface area contributed by atoms with Crippen molar-refractivity contribution >= 4 is 11.4 Å². The third-order valence-electron chi connectivity index (χ3n) is 3.76. The van der Waals surface area contributed by atoms with E-state index in [0.29, 0.717) is 0 Å². The zero-order chi connectivity index (χ0) is 14.7. The predicted molar refractivity (Wildman–Crippen MR) is 85.5 cm³/mol. The van der Waals surface area contributed by atoms with Crippen molar-refractivity contribution in [1.29, 1.82) is 0 Å². The van der Waals surface area contributed by atoms with Gasteiger partial charge in [-0.25, -0.2) is 0 Å². The maximum Gasteiger partial charge on any atom is 0.162 e. The van der Waals surface area contributed by atoms with Gasteiger partial charge in [0.1, 0.15) is 0 Å². The molecule has 2 aromatic rings. The number of rotatable bonds is 4. The lowest BCUT2D eigenvalue weighted by molar-refractivity contribution is 0.355. The van der Waals surface area contributed by atoms with Crippen LogP contribution in [0.2, 0.25) is 0 Å². The molecule has 0 fully saturated rings. The van der Waals surface area contributed by atoms with Crippen molar-refractivity contribution < 1.29 is 9.47 Å². The molecule has 1 N–H and O–H groups in total. The Morgan fingerprint density at radius 2 is 1.76 bits per heavy atom. The summed E-state index contributed by atoms with van der Waals surface area (Å²) in [5.41, 5.74) is 3.55. The van der Waals surface area contributed by atoms with Crippen LogP contribution in [0, 0.1) is 0 Å². The molecule has 0 saturated heterocycles. The van der Waals surface area contributed by atoms with Crippen LogP contribution in [0.5, 0.6) is 11.5 Å². The third kappa shape index (κ3) is 2.75. The summed E-state index contributed by atoms with van der Waals surface area (Å²) in [6, 6.07) is 14.6. The van der Waals surface area contributed by atoms with Gasteiger partial charge in [0.2, 0.25) is 0 Å². The summed E-state index contributed by atoms with van der Waals surface area (Å²) < 4.78 is 10.8. The highest BCUT2D eigenvalue weighted by atomic mass is 16.5. The maximum absolute atomic E-state index is 5.42. The van der Waals surface area contributed by atoms with Gasteiger partial charge in [-0.3, -0.25) is 0 Å². The van der Waals surface area contributed by atoms with Crippen LogP contribution >= 0.6 is 0 Å². The lowest BCUT2D eigenvalue weighted by Gasteiger charge is -2.33. The molecule has 0 spiro atoms. The summed E-state index contributed by atoms with van der Waals surface area (Å²) in [6.45, 7) is 2.79. The second-order valence-corrected chi connectivity index (χ2v) is 5.06. The van der Waals surface area contributed by atoms with E-state index < -0.39 is 0 Å². The highest BCUT2D eigenvalue weighted by molar-refractivity contribution is 5.76. The first-order valence-corrected chi connectivity index (χ1v) is 7.10. The fourth-order valence-electron chi connectivity index (χ4n) is 2.69. The lowest BCUT2D eigenvalue weighted by Crippen LogP contribution is -2.33. The molecule has 0 aromatic heterocycles. The lowest BCUT2D eigenvalue weighted by atomic mass is 10.1. The number of hydrogen-bond donors (Lipinski definition) is 1. The van der Waals surface area contributed by atoms with Gasteiger partial charge in [0.25, 0.3) is 0 Å². The molecule has 0 saturated carbocycles. The van der Waals surface area contributed by atoms with Crippen LogP contribution in [0.1, 0.15) is 5.56 Å². The predicted octanol–water partition coefficient (Wildman–Crippen LogP) is 3.14. The van der Waals surface area contributed by atoms with Gasteiger partial charge in [-0.1, -0.05) is 30.3 Å². The van der Waals surface area contributed by atoms with Gasteiger partial charge in [-0.2, -0.15) is 0 Å². The molecule has 4 heteroatoms. The smallest absolute Gasteiger partial charge is 0.162 e. The van der Waals surface area contributed by atoms with E-state index in [9.17, 15) is 0 Å². The van der Waals surface area contributed by atoms with Crippen molar-refractivity contribution in [1.82, 2.24) is 0 Å². The minimum absolute atomic E-state index is 0.755. The summed E-state index contributed by atoms with van der Waals surface area (Å²) in [6.07, 6.45) is 0. The summed E-state index contributed by atoms with van der Waals surface area (Å²) in [5, 5.41) is 3.43. The Bertz CT molecular complexity index is 614. The second kappa shape index (κ2) is 5.95. The average molecular weight is 284 g/mol. The average Bonchev–Trinajstić information content (AvgIpc) is 2.55. The third-order valence-corrected chi connectivity index (χ3v) is 3.76. The molecule has 2 aromatic carbocycles. The van der Waals surface area contributed by atoms with Crippen molar-refractivity contribution in [2.45, 2.75) is 6.54 Å². The molecule has 0 radical (unpaired) electrons. The standard InChI is InChI=1S/C17H20N2O2/c1-20-16-10-14-15(11-17(16)21-2)19(9-8-18-14)12-13-6-4-3-5-7-13/h3-7,10-11,18H,8-9,12H2,1-2H3. The fraction of sp³-hybridized carbons (Fsp3) is 0.294. The van der Waals surface area contributed by atoms with E-state index in [1.165, 1.54) is 5.56 Å². The molecular weight excluding hydrogens is 264 g/mol. The highest BCUT2D eigenvalue weighted by Crippen LogP contribution is 2.40. The number of benzene rings is 2. The Labute approximate surface area is 125 Å². The Morgan fingerprint density at radius 3 is 2.48 bits per heavy atom. The Balaban J connectivity index is 1.93. The van der Waals surface area contributed by atoms with Crippen LogP contribution in [0.25, 0.3) is 0 Å². The van der Waals surface area contributed by atoms with Crippen LogP contribution in [0.15, 0.2) is 42.5 Å². The molecule has 0 unspecified atom stereocenters. The van der Waals surface area contributed by atoms with Crippen LogP contribution in [-0.4, -0.2) is 27.3 Å². The number of hydrogen-bond acceptors (Lipinski definition) is 4. The minimum atomic E-state index is 0.755. The van der Waals surface area contributed by atoms with E-state index in [2.05, 4.69) is 34.5 Å². The number of ether oxygens (including phenoxy) is 2. The van der Waals surface area contributed by atoms with Crippen LogP contribution < -0.4 is 19.7 Å². The zero-order valence-corrected chi connectivity index (χ0v) is 12.4. The van der Waals surface area contributed by atoms with Gasteiger partial charge < -0.3 is 19.7 Å². The van der Waals surface area contributed by atoms with E-state index in [0.717, 1.165) is 42.5 Å². The second-order valence-electron chi connectivity index (χ2n) is 5.06. The van der Waals surface area contributed by atoms with E-state index in [-0.39, 0.29) is 0 Å². The summed E-state index contributed by atoms with van der Waals surface area (Å²) >= 11 is 0. The number of nitrogens with one attached hydrogen (secondary N) is 1. The molecule has 1 heterocycles. The van der Waals surface area contributed by atoms with Gasteiger partial charge in [-0.05, 0) is 5.56 Å². The first kappa shape index (κ1) is 13.6. The first-order chi connectivity index (χ1) is 10.3. The fourth-order valence-corrected chi connectivity index (χ4v) is 2.69. The summed E-state index contributed by atoms with van der Waals surface area (Å²) in [5.74, 6) is 1.52. The Hall–Kier alpha value is -2.36. The SMILES string of the molecule is COc1cc2c(cc1OC)N(Cc1ccccc1)CCN2. The number of nitrogens with zero attached hydrogens (tertiary/aromatic N) is 1. The molecule has 1 aliphatic rings. The van der Waals surface area contributed by atoms with E-state index in [1.807, 2.05) is 18.2 Å². The monoisotopic (exact) mass is 284 g/mol. The van der Waals surface area contributed by atoms with E-state index in [1.54, 1.807) is 14.2 Å². The summed E-state index contributed by atoms with van der Waals surface area (Å²) in [4.78, 5) is 2.36. The van der Waals surface area contributed by atoms with Crippen LogP contribution in [0.4, 0.5) is 11.4 Å². The van der Waals surface area contributed by atoms with Gasteiger partial charge in [0.05, 0.1) is 25.6 Å². The number of methoxy groups -OCH3 is 2. The number of fused-ring (bicyclic) bond motifs is 1. The van der Waals surface area contributed by atoms with Gasteiger partial charge in [-0.15, -0.1) is 0 Å². The van der Waals surface area contributed by atoms with Gasteiger partial charge in [0, 0.05) is 31.8 Å². The Kier molecular flexibility index (Phi) is 3.86. The largest absolute Gasteiger partial charge is 0.493 e. The van der Waals surface area contributed by atoms with Crippen molar-refractivity contribution in [2.24, 2.45) is 0 Å². The molecule has 0 amide bonds. The minimum Gasteiger partial charge on any atom is -0.493 e. The topological polar surface area (TPSA) is 33.7 Å². The van der Waals surface area contributed by atoms with Crippen LogP contribution in [0.3, 0.4) is 0 Å². The van der Waals surface area contributed by atoms with Crippen molar-refractivity contribution in [2.75, 3.05) is 37.5 Å². The maximum atomic E-state index is 5.42. The molecule has 21 heavy (non-hydrogen) atoms. The highest BCUT2D eigenvalue weighted by Gasteiger charge is 2.20. The van der Waals surface area contributed by atoms with Crippen LogP contribution in [-0.2, 0) is 6.54 Å². The normalized spacial score (nSPS) is 13.3. The van der Waals surface area contributed by atoms with Gasteiger partial charge >= 0.3 is 0 Å². The van der Waals surface area contributed by atoms with E-state index >= 15 is 0 Å². The van der Waals surface area contributed by atoms with Gasteiger partial charge in [0.15, 0.2) is 11.5 Å². The molecule has 0 atom stereocenters. The molecule has 3 rings (SSSR count). The molecule has 1 aliphatic heterocycles. The first-order valence-electron chi connectivity index (χ1n) is 7.10. The van der Waals surface area contributed by atoms with E-state index in [4.69, 9.17) is 9.47 Å². The quantitative estimate of drug-likeness (QED) is 0.935. The summed E-state index contributed by atoms with van der Waals surface area (Å²) in [7, 11) is 3.33. The zero-order valence-electron chi connectivity index (χ0n) is 12.4. The molecule has 110 valence electrons. The molecule has 4 nitrogen and oxygen atoms in total. The van der Waals surface area contributed by atoms with Crippen molar-refractivity contribution in [3.05, 3.63) is 48.0 Å². The Morgan fingerprint density at radius 1 is 1.05 bits per heavy atom. The van der Waals surface area contributed by atoms with Crippen molar-refractivity contribution in [3.63, 3.8) is 0 Å². The van der Waals surface area contributed by atoms with Crippen molar-refractivity contribution in [3.8, 4) is 11.5 Å². The molecule has 0 bridgehead atoms. The number of anilines is 2.